The van der Waals surface area contributed by atoms with Crippen molar-refractivity contribution >= 4 is 15.9 Å². The van der Waals surface area contributed by atoms with Crippen LogP contribution in [0.5, 0.6) is 0 Å². The third-order valence-electron chi connectivity index (χ3n) is 2.27. The fraction of sp³-hybridized carbons (Fsp3) is 0.167. The maximum atomic E-state index is 12.6. The molecule has 0 saturated carbocycles. The minimum Gasteiger partial charge on any atom is -0.207 e. The van der Waals surface area contributed by atoms with Gasteiger partial charge < -0.3 is 0 Å². The molecule has 2 rings (SSSR count). The van der Waals surface area contributed by atoms with Crippen LogP contribution in [0.1, 0.15) is 12.0 Å². The van der Waals surface area contributed by atoms with Crippen LogP contribution >= 0.6 is 15.9 Å². The van der Waals surface area contributed by atoms with E-state index in [0.717, 1.165) is 18.4 Å². The van der Waals surface area contributed by atoms with Gasteiger partial charge in [-0.05, 0) is 36.1 Å². The first kappa shape index (κ1) is 9.66. The van der Waals surface area contributed by atoms with Crippen LogP contribution in [0.3, 0.4) is 0 Å². The minimum atomic E-state index is -0.177. The molecule has 0 aliphatic heterocycles. The van der Waals surface area contributed by atoms with Gasteiger partial charge in [0.25, 0.3) is 0 Å². The zero-order valence-corrected chi connectivity index (χ0v) is 9.22. The predicted octanol–water partition coefficient (Wildman–Crippen LogP) is 3.98. The van der Waals surface area contributed by atoms with Crippen LogP contribution in [-0.2, 0) is 6.42 Å². The second-order valence-corrected chi connectivity index (χ2v) is 4.30. The maximum Gasteiger partial charge on any atom is 0.123 e. The zero-order chi connectivity index (χ0) is 9.97. The topological polar surface area (TPSA) is 0 Å². The monoisotopic (exact) mass is 252 g/mol. The van der Waals surface area contributed by atoms with Gasteiger partial charge in [-0.15, -0.1) is 0 Å². The lowest BCUT2D eigenvalue weighted by Crippen LogP contribution is -1.88. The van der Waals surface area contributed by atoms with Crippen molar-refractivity contribution in [1.29, 1.82) is 0 Å². The summed E-state index contributed by atoms with van der Waals surface area (Å²) in [6.45, 7) is 0. The molecule has 0 atom stereocenters. The zero-order valence-electron chi connectivity index (χ0n) is 7.63. The molecule has 0 saturated heterocycles. The van der Waals surface area contributed by atoms with Crippen molar-refractivity contribution in [2.24, 2.45) is 0 Å². The van der Waals surface area contributed by atoms with Crippen LogP contribution in [0.2, 0.25) is 0 Å². The molecule has 14 heavy (non-hydrogen) atoms. The summed E-state index contributed by atoms with van der Waals surface area (Å²) >= 11 is 3.52. The van der Waals surface area contributed by atoms with Gasteiger partial charge in [0.05, 0.1) is 0 Å². The second-order valence-electron chi connectivity index (χ2n) is 3.34. The van der Waals surface area contributed by atoms with E-state index in [2.05, 4.69) is 28.1 Å². The van der Waals surface area contributed by atoms with Crippen molar-refractivity contribution in [3.05, 3.63) is 57.9 Å². The Morgan fingerprint density at radius 3 is 2.50 bits per heavy atom. The van der Waals surface area contributed by atoms with Crippen LogP contribution in [0.4, 0.5) is 4.39 Å². The summed E-state index contributed by atoms with van der Waals surface area (Å²) in [6.07, 6.45) is 6.10. The first-order valence-corrected chi connectivity index (χ1v) is 5.33. The highest BCUT2D eigenvalue weighted by Gasteiger charge is 2.06. The van der Waals surface area contributed by atoms with E-state index in [1.807, 2.05) is 12.1 Å². The average Bonchev–Trinajstić information content (AvgIpc) is 2.56. The summed E-state index contributed by atoms with van der Waals surface area (Å²) in [7, 11) is 0. The Balaban J connectivity index is 2.15. The highest BCUT2D eigenvalue weighted by molar-refractivity contribution is 9.11. The van der Waals surface area contributed by atoms with Crippen molar-refractivity contribution in [2.75, 3.05) is 0 Å². The van der Waals surface area contributed by atoms with Crippen molar-refractivity contribution in [3.63, 3.8) is 0 Å². The normalized spacial score (nSPS) is 15.3. The first-order valence-electron chi connectivity index (χ1n) is 4.54. The molecule has 1 aromatic rings. The van der Waals surface area contributed by atoms with Crippen LogP contribution < -0.4 is 0 Å². The molecule has 0 aromatic heterocycles. The van der Waals surface area contributed by atoms with E-state index in [-0.39, 0.29) is 5.82 Å². The van der Waals surface area contributed by atoms with Gasteiger partial charge >= 0.3 is 0 Å². The number of hydrogen-bond acceptors (Lipinski definition) is 0. The molecule has 0 unspecified atom stereocenters. The fourth-order valence-corrected chi connectivity index (χ4v) is 1.96. The minimum absolute atomic E-state index is 0.177. The van der Waals surface area contributed by atoms with Gasteiger partial charge in [-0.1, -0.05) is 40.2 Å². The molecule has 0 N–H and O–H groups in total. The van der Waals surface area contributed by atoms with Gasteiger partial charge in [0.15, 0.2) is 0 Å². The molecular weight excluding hydrogens is 243 g/mol. The molecule has 0 heterocycles. The molecule has 1 aliphatic carbocycles. The van der Waals surface area contributed by atoms with Crippen molar-refractivity contribution in [2.45, 2.75) is 12.8 Å². The Bertz CT molecular complexity index is 387. The van der Waals surface area contributed by atoms with E-state index in [1.54, 1.807) is 0 Å². The van der Waals surface area contributed by atoms with Gasteiger partial charge in [-0.2, -0.15) is 0 Å². The molecule has 0 nitrogen and oxygen atoms in total. The fourth-order valence-electron chi connectivity index (χ4n) is 1.50. The van der Waals surface area contributed by atoms with E-state index in [0.29, 0.717) is 0 Å². The van der Waals surface area contributed by atoms with Crippen LogP contribution in [-0.4, -0.2) is 0 Å². The van der Waals surface area contributed by atoms with Crippen molar-refractivity contribution < 1.29 is 4.39 Å². The van der Waals surface area contributed by atoms with Gasteiger partial charge in [0, 0.05) is 4.48 Å². The second kappa shape index (κ2) is 4.09. The molecule has 0 amide bonds. The summed E-state index contributed by atoms with van der Waals surface area (Å²) in [6, 6.07) is 6.66. The van der Waals surface area contributed by atoms with E-state index in [1.165, 1.54) is 22.2 Å². The SMILES string of the molecule is Fc1ccc(CC2=C(Br)CC=C2)cc1. The third kappa shape index (κ3) is 2.13. The van der Waals surface area contributed by atoms with Crippen LogP contribution in [0.25, 0.3) is 0 Å². The number of hydrogen-bond donors (Lipinski definition) is 0. The molecule has 0 spiro atoms. The number of halogens is 2. The Morgan fingerprint density at radius 2 is 1.93 bits per heavy atom. The van der Waals surface area contributed by atoms with Crippen LogP contribution in [0.15, 0.2) is 46.5 Å². The highest BCUT2D eigenvalue weighted by Crippen LogP contribution is 2.26. The summed E-state index contributed by atoms with van der Waals surface area (Å²) in [5, 5.41) is 0. The molecule has 0 bridgehead atoms. The number of allylic oxidation sites excluding steroid dienone is 4. The van der Waals surface area contributed by atoms with E-state index in [9.17, 15) is 4.39 Å². The van der Waals surface area contributed by atoms with Gasteiger partial charge in [-0.3, -0.25) is 0 Å². The van der Waals surface area contributed by atoms with Crippen molar-refractivity contribution in [1.82, 2.24) is 0 Å². The Morgan fingerprint density at radius 1 is 1.21 bits per heavy atom. The Labute approximate surface area is 91.3 Å². The Kier molecular flexibility index (Phi) is 2.82. The molecular formula is C12H10BrF. The molecule has 1 aromatic carbocycles. The smallest absolute Gasteiger partial charge is 0.123 e. The predicted molar refractivity (Wildman–Crippen MR) is 59.8 cm³/mol. The summed E-state index contributed by atoms with van der Waals surface area (Å²) in [5.41, 5.74) is 2.43. The number of rotatable bonds is 2. The van der Waals surface area contributed by atoms with Gasteiger partial charge in [0.1, 0.15) is 5.82 Å². The van der Waals surface area contributed by atoms with Crippen LogP contribution in [0, 0.1) is 5.82 Å². The third-order valence-corrected chi connectivity index (χ3v) is 3.11. The standard InChI is InChI=1S/C12H10BrF/c13-12-3-1-2-10(12)8-9-4-6-11(14)7-5-9/h1-2,4-7H,3,8H2. The quantitative estimate of drug-likeness (QED) is 0.747. The largest absolute Gasteiger partial charge is 0.207 e. The lowest BCUT2D eigenvalue weighted by molar-refractivity contribution is 0.627. The van der Waals surface area contributed by atoms with Crippen molar-refractivity contribution in [3.8, 4) is 0 Å². The lowest BCUT2D eigenvalue weighted by Gasteiger charge is -2.02. The molecule has 1 aliphatic rings. The molecule has 0 radical (unpaired) electrons. The average molecular weight is 253 g/mol. The van der Waals surface area contributed by atoms with E-state index in [4.69, 9.17) is 0 Å². The Hall–Kier alpha value is -0.890. The highest BCUT2D eigenvalue weighted by atomic mass is 79.9. The first-order chi connectivity index (χ1) is 6.75. The van der Waals surface area contributed by atoms with E-state index < -0.39 is 0 Å². The lowest BCUT2D eigenvalue weighted by atomic mass is 10.1. The summed E-state index contributed by atoms with van der Waals surface area (Å²) in [4.78, 5) is 0. The molecule has 0 fully saturated rings. The van der Waals surface area contributed by atoms with Gasteiger partial charge in [0.2, 0.25) is 0 Å². The van der Waals surface area contributed by atoms with E-state index >= 15 is 0 Å². The molecule has 72 valence electrons. The molecule has 2 heteroatoms. The van der Waals surface area contributed by atoms with Gasteiger partial charge in [-0.25, -0.2) is 4.39 Å². The summed E-state index contributed by atoms with van der Waals surface area (Å²) < 4.78 is 13.9. The number of benzene rings is 1. The maximum absolute atomic E-state index is 12.6. The summed E-state index contributed by atoms with van der Waals surface area (Å²) in [5.74, 6) is -0.177.